The Labute approximate surface area is 41.7 Å². The summed E-state index contributed by atoms with van der Waals surface area (Å²) in [5.41, 5.74) is 0. The summed E-state index contributed by atoms with van der Waals surface area (Å²) in [5, 5.41) is 1.94. The highest BCUT2D eigenvalue weighted by Crippen LogP contribution is 1.95. The molecule has 0 aromatic heterocycles. The van der Waals surface area contributed by atoms with Crippen molar-refractivity contribution in [3.05, 3.63) is 11.8 Å². The Morgan fingerprint density at radius 2 is 2.40 bits per heavy atom. The van der Waals surface area contributed by atoms with Crippen LogP contribution in [0.1, 0.15) is 13.3 Å². The molecule has 0 atom stereocenters. The number of halogens is 1. The highest BCUT2D eigenvalue weighted by Gasteiger charge is 1.71. The van der Waals surface area contributed by atoms with Crippen LogP contribution in [0.15, 0.2) is 0 Å². The second kappa shape index (κ2) is 4.48. The molecule has 30 valence electrons. The largest absolute Gasteiger partial charge is 0.0878 e. The van der Waals surface area contributed by atoms with Gasteiger partial charge in [-0.15, -0.1) is 0 Å². The van der Waals surface area contributed by atoms with Crippen molar-refractivity contribution >= 4 is 15.9 Å². The lowest BCUT2D eigenvalue weighted by molar-refractivity contribution is 1.20. The second-order valence-corrected chi connectivity index (χ2v) is 1.45. The lowest BCUT2D eigenvalue weighted by Gasteiger charge is -1.76. The van der Waals surface area contributed by atoms with Crippen molar-refractivity contribution in [2.24, 2.45) is 0 Å². The fraction of sp³-hybridized carbons (Fsp3) is 0.500. The quantitative estimate of drug-likeness (QED) is 0.544. The molecule has 0 saturated carbocycles. The fourth-order valence-corrected chi connectivity index (χ4v) is 0.463. The fourth-order valence-electron chi connectivity index (χ4n) is 0.0891. The Morgan fingerprint density at radius 3 is 2.40 bits per heavy atom. The van der Waals surface area contributed by atoms with E-state index in [1.165, 1.54) is 0 Å². The van der Waals surface area contributed by atoms with Gasteiger partial charge in [0.1, 0.15) is 0 Å². The molecule has 1 heteroatoms. The lowest BCUT2D eigenvalue weighted by Crippen LogP contribution is -1.58. The number of rotatable bonds is 2. The summed E-state index contributed by atoms with van der Waals surface area (Å²) in [4.78, 5) is 0. The summed E-state index contributed by atoms with van der Waals surface area (Å²) in [6.07, 6.45) is 3.13. The molecule has 0 saturated heterocycles. The number of unbranched alkanes of at least 4 members (excludes halogenated alkanes) is 1. The zero-order valence-corrected chi connectivity index (χ0v) is 4.83. The molecule has 0 aliphatic carbocycles. The zero-order valence-electron chi connectivity index (χ0n) is 3.24. The van der Waals surface area contributed by atoms with E-state index in [2.05, 4.69) is 22.4 Å². The lowest BCUT2D eigenvalue weighted by atomic mass is 10.4. The minimum Gasteiger partial charge on any atom is -0.0878 e. The summed E-state index contributed by atoms with van der Waals surface area (Å²) in [5.74, 6) is 0. The van der Waals surface area contributed by atoms with Crippen LogP contribution in [0.3, 0.4) is 0 Å². The Bertz CT molecular complexity index is 11.1. The molecule has 0 amide bonds. The van der Waals surface area contributed by atoms with Gasteiger partial charge in [-0.2, -0.15) is 0 Å². The Morgan fingerprint density at radius 1 is 1.80 bits per heavy atom. The Balaban J connectivity index is 2.19. The van der Waals surface area contributed by atoms with Crippen molar-refractivity contribution in [3.63, 3.8) is 0 Å². The van der Waals surface area contributed by atoms with Crippen LogP contribution in [0.5, 0.6) is 0 Å². The smallest absolute Gasteiger partial charge is 0.0273 e. The maximum atomic E-state index is 3.15. The van der Waals surface area contributed by atoms with Crippen molar-refractivity contribution in [3.8, 4) is 0 Å². The van der Waals surface area contributed by atoms with Crippen LogP contribution in [0.4, 0.5) is 0 Å². The summed E-state index contributed by atoms with van der Waals surface area (Å²) in [6, 6.07) is 0. The average molecular weight is 135 g/mol. The predicted octanol–water partition coefficient (Wildman–Crippen LogP) is 2.16. The van der Waals surface area contributed by atoms with Crippen molar-refractivity contribution < 1.29 is 0 Å². The molecule has 0 aromatic carbocycles. The van der Waals surface area contributed by atoms with Crippen LogP contribution in [0.2, 0.25) is 0 Å². The van der Waals surface area contributed by atoms with Crippen molar-refractivity contribution in [2.75, 3.05) is 0 Å². The first-order chi connectivity index (χ1) is 2.41. The third-order valence-corrected chi connectivity index (χ3v) is 0.699. The first kappa shape index (κ1) is 5.48. The molecule has 0 unspecified atom stereocenters. The van der Waals surface area contributed by atoms with Gasteiger partial charge in [-0.25, -0.2) is 0 Å². The minimum absolute atomic E-state index is 1.06. The van der Waals surface area contributed by atoms with Gasteiger partial charge in [-0.1, -0.05) is 22.9 Å². The Kier molecular flexibility index (Phi) is 4.91. The molecule has 2 radical (unpaired) electrons. The molecule has 0 aliphatic rings. The third kappa shape index (κ3) is 4.48. The SMILES string of the molecule is C[CH]C[CH]Br. The van der Waals surface area contributed by atoms with E-state index >= 15 is 0 Å². The molecular weight excluding hydrogens is 128 g/mol. The van der Waals surface area contributed by atoms with Gasteiger partial charge in [0.25, 0.3) is 0 Å². The topological polar surface area (TPSA) is 0 Å². The highest BCUT2D eigenvalue weighted by molar-refractivity contribution is 9.10. The zero-order chi connectivity index (χ0) is 4.12. The van der Waals surface area contributed by atoms with Gasteiger partial charge in [0, 0.05) is 5.33 Å². The van der Waals surface area contributed by atoms with Crippen molar-refractivity contribution in [1.82, 2.24) is 0 Å². The van der Waals surface area contributed by atoms with E-state index < -0.39 is 0 Å². The van der Waals surface area contributed by atoms with Gasteiger partial charge in [0.2, 0.25) is 0 Å². The van der Waals surface area contributed by atoms with Crippen LogP contribution >= 0.6 is 15.9 Å². The monoisotopic (exact) mass is 134 g/mol. The number of hydrogen-bond acceptors (Lipinski definition) is 0. The van der Waals surface area contributed by atoms with Gasteiger partial charge in [-0.05, 0) is 12.8 Å². The molecule has 0 rings (SSSR count). The van der Waals surface area contributed by atoms with E-state index in [0.717, 1.165) is 6.42 Å². The van der Waals surface area contributed by atoms with E-state index in [0.29, 0.717) is 0 Å². The van der Waals surface area contributed by atoms with Crippen LogP contribution < -0.4 is 0 Å². The van der Waals surface area contributed by atoms with Gasteiger partial charge in [-0.3, -0.25) is 0 Å². The molecular formula is C4H7Br. The average Bonchev–Trinajstić information content (AvgIpc) is 1.41. The van der Waals surface area contributed by atoms with Gasteiger partial charge in [0.05, 0.1) is 0 Å². The molecule has 5 heavy (non-hydrogen) atoms. The van der Waals surface area contributed by atoms with Gasteiger partial charge in [0.15, 0.2) is 0 Å². The molecule has 0 N–H and O–H groups in total. The minimum atomic E-state index is 1.06. The van der Waals surface area contributed by atoms with E-state index in [1.807, 2.05) is 12.3 Å². The Hall–Kier alpha value is 0.480. The molecule has 0 nitrogen and oxygen atoms in total. The normalized spacial score (nSPS) is 8.40. The molecule has 0 aromatic rings. The van der Waals surface area contributed by atoms with E-state index in [1.54, 1.807) is 0 Å². The predicted molar refractivity (Wildman–Crippen MR) is 27.8 cm³/mol. The van der Waals surface area contributed by atoms with E-state index in [-0.39, 0.29) is 0 Å². The molecule has 0 fully saturated rings. The van der Waals surface area contributed by atoms with E-state index in [4.69, 9.17) is 0 Å². The van der Waals surface area contributed by atoms with Crippen molar-refractivity contribution in [2.45, 2.75) is 13.3 Å². The first-order valence-corrected chi connectivity index (χ1v) is 2.53. The van der Waals surface area contributed by atoms with Gasteiger partial charge >= 0.3 is 0 Å². The third-order valence-electron chi connectivity index (χ3n) is 0.325. The summed E-state index contributed by atoms with van der Waals surface area (Å²) < 4.78 is 0. The highest BCUT2D eigenvalue weighted by atomic mass is 79.9. The first-order valence-electron chi connectivity index (χ1n) is 1.61. The maximum absolute atomic E-state index is 3.15. The number of hydrogen-bond donors (Lipinski definition) is 0. The standard InChI is InChI=1S/C4H7Br/c1-2-3-4-5/h2,4H,3H2,1H3. The second-order valence-electron chi connectivity index (χ2n) is 0.798. The maximum Gasteiger partial charge on any atom is 0.0273 e. The summed E-state index contributed by atoms with van der Waals surface area (Å²) in [6.45, 7) is 2.03. The molecule has 0 spiro atoms. The van der Waals surface area contributed by atoms with Crippen LogP contribution in [-0.2, 0) is 0 Å². The van der Waals surface area contributed by atoms with Gasteiger partial charge < -0.3 is 0 Å². The molecule has 0 bridgehead atoms. The summed E-state index contributed by atoms with van der Waals surface area (Å²) >= 11 is 3.15. The van der Waals surface area contributed by atoms with Crippen LogP contribution in [0.25, 0.3) is 0 Å². The van der Waals surface area contributed by atoms with Crippen LogP contribution in [0, 0.1) is 11.8 Å². The van der Waals surface area contributed by atoms with Crippen LogP contribution in [-0.4, -0.2) is 0 Å². The summed E-state index contributed by atoms with van der Waals surface area (Å²) in [7, 11) is 0. The molecule has 0 heterocycles. The van der Waals surface area contributed by atoms with E-state index in [9.17, 15) is 0 Å². The van der Waals surface area contributed by atoms with Crippen molar-refractivity contribution in [1.29, 1.82) is 0 Å². The molecule has 0 aliphatic heterocycles.